The van der Waals surface area contributed by atoms with E-state index in [4.69, 9.17) is 12.2 Å². The molecule has 0 aliphatic heterocycles. The van der Waals surface area contributed by atoms with E-state index >= 15 is 0 Å². The van der Waals surface area contributed by atoms with Gasteiger partial charge in [-0.2, -0.15) is 0 Å². The average molecular weight is 173 g/mol. The van der Waals surface area contributed by atoms with Gasteiger partial charge >= 0.3 is 0 Å². The molecule has 64 valence electrons. The second-order valence-corrected chi connectivity index (χ2v) is 3.20. The van der Waals surface area contributed by atoms with Crippen LogP contribution in [0.15, 0.2) is 0 Å². The van der Waals surface area contributed by atoms with Crippen LogP contribution in [0.5, 0.6) is 0 Å². The van der Waals surface area contributed by atoms with E-state index in [-0.39, 0.29) is 11.9 Å². The smallest absolute Gasteiger partial charge is 0.224 e. The zero-order valence-electron chi connectivity index (χ0n) is 7.55. The largest absolute Gasteiger partial charge is 0.304 e. The highest BCUT2D eigenvalue weighted by molar-refractivity contribution is 7.80. The molecule has 0 heterocycles. The maximum atomic E-state index is 11.0. The topological polar surface area (TPSA) is 20.3 Å². The van der Waals surface area contributed by atoms with Crippen LogP contribution in [0.1, 0.15) is 34.1 Å². The summed E-state index contributed by atoms with van der Waals surface area (Å²) in [7, 11) is 0. The van der Waals surface area contributed by atoms with E-state index in [1.165, 1.54) is 0 Å². The molecule has 0 radical (unpaired) electrons. The Kier molecular flexibility index (Phi) is 4.26. The lowest BCUT2D eigenvalue weighted by Crippen LogP contribution is -2.39. The molecular formula is C8H15NOS. The highest BCUT2D eigenvalue weighted by atomic mass is 32.1. The molecule has 0 aliphatic carbocycles. The molecule has 2 nitrogen and oxygen atoms in total. The average Bonchev–Trinajstić information content (AvgIpc) is 1.85. The Morgan fingerprint density at radius 2 is 2.00 bits per heavy atom. The predicted octanol–water partition coefficient (Wildman–Crippen LogP) is 1.98. The van der Waals surface area contributed by atoms with Crippen LogP contribution in [0.3, 0.4) is 0 Å². The van der Waals surface area contributed by atoms with Crippen molar-refractivity contribution < 1.29 is 4.79 Å². The SMILES string of the molecule is CCC(=S)N(C(C)=O)C(C)C. The third-order valence-corrected chi connectivity index (χ3v) is 1.91. The number of nitrogens with zero attached hydrogens (tertiary/aromatic N) is 1. The highest BCUT2D eigenvalue weighted by Crippen LogP contribution is 2.03. The molecule has 0 aliphatic rings. The first-order valence-corrected chi connectivity index (χ1v) is 4.24. The zero-order valence-corrected chi connectivity index (χ0v) is 8.36. The minimum absolute atomic E-state index is 0.0341. The molecule has 0 rings (SSSR count). The Labute approximate surface area is 73.6 Å². The van der Waals surface area contributed by atoms with Gasteiger partial charge in [0.2, 0.25) is 5.91 Å². The van der Waals surface area contributed by atoms with Crippen molar-refractivity contribution in [1.82, 2.24) is 4.90 Å². The van der Waals surface area contributed by atoms with Gasteiger partial charge < -0.3 is 4.90 Å². The maximum absolute atomic E-state index is 11.0. The van der Waals surface area contributed by atoms with E-state index in [1.54, 1.807) is 11.8 Å². The molecule has 3 heteroatoms. The molecule has 0 aromatic heterocycles. The molecule has 0 fully saturated rings. The van der Waals surface area contributed by atoms with Gasteiger partial charge in [-0.05, 0) is 20.3 Å². The first kappa shape index (κ1) is 10.6. The number of thiocarbonyl (C=S) groups is 1. The molecule has 11 heavy (non-hydrogen) atoms. The number of carbonyl (C=O) groups excluding carboxylic acids is 1. The van der Waals surface area contributed by atoms with Crippen molar-refractivity contribution in [2.45, 2.75) is 40.2 Å². The van der Waals surface area contributed by atoms with Gasteiger partial charge in [-0.15, -0.1) is 0 Å². The summed E-state index contributed by atoms with van der Waals surface area (Å²) in [5, 5.41) is 0. The highest BCUT2D eigenvalue weighted by Gasteiger charge is 2.15. The minimum Gasteiger partial charge on any atom is -0.304 e. The van der Waals surface area contributed by atoms with Crippen LogP contribution in [0.4, 0.5) is 0 Å². The van der Waals surface area contributed by atoms with Crippen LogP contribution in [0, 0.1) is 0 Å². The molecule has 0 saturated carbocycles. The van der Waals surface area contributed by atoms with E-state index in [0.717, 1.165) is 11.4 Å². The summed E-state index contributed by atoms with van der Waals surface area (Å²) >= 11 is 5.03. The van der Waals surface area contributed by atoms with Gasteiger partial charge in [-0.25, -0.2) is 0 Å². The van der Waals surface area contributed by atoms with Crippen molar-refractivity contribution in [3.05, 3.63) is 0 Å². The van der Waals surface area contributed by atoms with Crippen LogP contribution >= 0.6 is 12.2 Å². The maximum Gasteiger partial charge on any atom is 0.224 e. The lowest BCUT2D eigenvalue weighted by molar-refractivity contribution is -0.126. The standard InChI is InChI=1S/C8H15NOS/c1-5-8(11)9(6(2)3)7(4)10/h6H,5H2,1-4H3. The second-order valence-electron chi connectivity index (χ2n) is 2.73. The Balaban J connectivity index is 4.34. The van der Waals surface area contributed by atoms with Gasteiger partial charge in [-0.3, -0.25) is 4.79 Å². The Hall–Kier alpha value is -0.440. The number of amides is 1. The van der Waals surface area contributed by atoms with Crippen LogP contribution in [-0.2, 0) is 4.79 Å². The normalized spacial score (nSPS) is 9.91. The monoisotopic (exact) mass is 173 g/mol. The first-order chi connectivity index (χ1) is 5.00. The van der Waals surface area contributed by atoms with Crippen LogP contribution in [0.2, 0.25) is 0 Å². The van der Waals surface area contributed by atoms with Crippen molar-refractivity contribution in [1.29, 1.82) is 0 Å². The molecule has 0 aromatic rings. The summed E-state index contributed by atoms with van der Waals surface area (Å²) < 4.78 is 0. The molecule has 0 unspecified atom stereocenters. The summed E-state index contributed by atoms with van der Waals surface area (Å²) in [6, 6.07) is 0.181. The fraction of sp³-hybridized carbons (Fsp3) is 0.750. The van der Waals surface area contributed by atoms with Gasteiger partial charge in [0.15, 0.2) is 0 Å². The van der Waals surface area contributed by atoms with Gasteiger partial charge in [0, 0.05) is 13.0 Å². The van der Waals surface area contributed by atoms with Crippen molar-refractivity contribution in [2.24, 2.45) is 0 Å². The molecule has 0 bridgehead atoms. The van der Waals surface area contributed by atoms with Gasteiger partial charge in [0.1, 0.15) is 0 Å². The summed E-state index contributed by atoms with van der Waals surface area (Å²) in [5.41, 5.74) is 0. The third-order valence-electron chi connectivity index (χ3n) is 1.43. The van der Waals surface area contributed by atoms with E-state index in [9.17, 15) is 4.79 Å². The molecule has 0 aromatic carbocycles. The fourth-order valence-electron chi connectivity index (χ4n) is 0.998. The van der Waals surface area contributed by atoms with E-state index in [0.29, 0.717) is 0 Å². The third kappa shape index (κ3) is 2.97. The Morgan fingerprint density at radius 3 is 2.09 bits per heavy atom. The molecule has 1 amide bonds. The molecule has 0 atom stereocenters. The number of hydrogen-bond donors (Lipinski definition) is 0. The van der Waals surface area contributed by atoms with Crippen molar-refractivity contribution in [3.8, 4) is 0 Å². The quantitative estimate of drug-likeness (QED) is 0.595. The minimum atomic E-state index is 0.0341. The molecular weight excluding hydrogens is 158 g/mol. The van der Waals surface area contributed by atoms with Gasteiger partial charge in [0.05, 0.1) is 4.99 Å². The number of hydrogen-bond acceptors (Lipinski definition) is 2. The van der Waals surface area contributed by atoms with Crippen molar-refractivity contribution in [3.63, 3.8) is 0 Å². The lowest BCUT2D eigenvalue weighted by atomic mass is 10.3. The summed E-state index contributed by atoms with van der Waals surface area (Å²) in [5.74, 6) is 0.0341. The number of carbonyl (C=O) groups is 1. The molecule has 0 N–H and O–H groups in total. The Bertz CT molecular complexity index is 165. The van der Waals surface area contributed by atoms with E-state index < -0.39 is 0 Å². The summed E-state index contributed by atoms with van der Waals surface area (Å²) in [4.78, 5) is 13.4. The van der Waals surface area contributed by atoms with Crippen LogP contribution < -0.4 is 0 Å². The summed E-state index contributed by atoms with van der Waals surface area (Å²) in [6.07, 6.45) is 0.757. The van der Waals surface area contributed by atoms with Crippen molar-refractivity contribution in [2.75, 3.05) is 0 Å². The van der Waals surface area contributed by atoms with E-state index in [1.807, 2.05) is 20.8 Å². The zero-order chi connectivity index (χ0) is 9.02. The van der Waals surface area contributed by atoms with Gasteiger partial charge in [-0.1, -0.05) is 19.1 Å². The van der Waals surface area contributed by atoms with Gasteiger partial charge in [0.25, 0.3) is 0 Å². The lowest BCUT2D eigenvalue weighted by Gasteiger charge is -2.25. The molecule has 0 spiro atoms. The van der Waals surface area contributed by atoms with Crippen LogP contribution in [-0.4, -0.2) is 21.8 Å². The first-order valence-electron chi connectivity index (χ1n) is 3.83. The molecule has 0 saturated heterocycles. The van der Waals surface area contributed by atoms with Crippen LogP contribution in [0.25, 0.3) is 0 Å². The summed E-state index contributed by atoms with van der Waals surface area (Å²) in [6.45, 7) is 7.43. The fourth-order valence-corrected chi connectivity index (χ4v) is 1.34. The number of rotatable bonds is 2. The van der Waals surface area contributed by atoms with E-state index in [2.05, 4.69) is 0 Å². The Morgan fingerprint density at radius 1 is 1.55 bits per heavy atom. The van der Waals surface area contributed by atoms with Crippen molar-refractivity contribution >= 4 is 23.1 Å². The second kappa shape index (κ2) is 4.44. The predicted molar refractivity (Wildman–Crippen MR) is 50.5 cm³/mol.